The van der Waals surface area contributed by atoms with Gasteiger partial charge in [0.05, 0.1) is 0 Å². The van der Waals surface area contributed by atoms with E-state index in [1.807, 2.05) is 0 Å². The summed E-state index contributed by atoms with van der Waals surface area (Å²) >= 11 is 0. The fourth-order valence-electron chi connectivity index (χ4n) is 7.25. The fourth-order valence-corrected chi connectivity index (χ4v) is 7.25. The molecule has 0 aromatic rings. The lowest BCUT2D eigenvalue weighted by molar-refractivity contribution is -0.167. The molecule has 0 aromatic carbocycles. The van der Waals surface area contributed by atoms with Gasteiger partial charge in [-0.1, -0.05) is 227 Å². The SMILES string of the molecule is CCCCCCCCCCCC(=O)O[C@@H](COC(=O)CCCCCCCCCCCCCC(C)C)COC(=O)CCCCCCCCCCCCC(C)CC. The average molecular weight is 779 g/mol. The molecule has 0 spiro atoms. The molecule has 0 aromatic heterocycles. The monoisotopic (exact) mass is 779 g/mol. The summed E-state index contributed by atoms with van der Waals surface area (Å²) < 4.78 is 16.7. The van der Waals surface area contributed by atoms with Gasteiger partial charge in [-0.15, -0.1) is 0 Å². The molecule has 0 heterocycles. The number of unbranched alkanes of at least 4 members (excludes halogenated alkanes) is 27. The average Bonchev–Trinajstić information content (AvgIpc) is 3.17. The summed E-state index contributed by atoms with van der Waals surface area (Å²) in [5, 5.41) is 0. The Morgan fingerprint density at radius 3 is 1.04 bits per heavy atom. The zero-order chi connectivity index (χ0) is 40.5. The van der Waals surface area contributed by atoms with Crippen LogP contribution in [0.1, 0.15) is 266 Å². The molecule has 0 aliphatic rings. The molecule has 0 fully saturated rings. The number of hydrogen-bond donors (Lipinski definition) is 0. The van der Waals surface area contributed by atoms with Crippen LogP contribution in [-0.2, 0) is 28.6 Å². The molecule has 0 amide bonds. The molecular weight excluding hydrogens is 685 g/mol. The van der Waals surface area contributed by atoms with Crippen molar-refractivity contribution in [2.24, 2.45) is 11.8 Å². The molecule has 0 saturated carbocycles. The zero-order valence-corrected chi connectivity index (χ0v) is 37.6. The Balaban J connectivity index is 4.28. The van der Waals surface area contributed by atoms with Gasteiger partial charge in [-0.25, -0.2) is 0 Å². The largest absolute Gasteiger partial charge is 0.462 e. The first-order valence-corrected chi connectivity index (χ1v) is 24.3. The van der Waals surface area contributed by atoms with E-state index in [0.29, 0.717) is 19.3 Å². The molecule has 0 saturated heterocycles. The van der Waals surface area contributed by atoms with E-state index < -0.39 is 6.10 Å². The summed E-state index contributed by atoms with van der Waals surface area (Å²) in [6, 6.07) is 0. The summed E-state index contributed by atoms with van der Waals surface area (Å²) in [7, 11) is 0. The Labute approximate surface area is 342 Å². The van der Waals surface area contributed by atoms with Crippen molar-refractivity contribution in [3.05, 3.63) is 0 Å². The third kappa shape index (κ3) is 41.9. The van der Waals surface area contributed by atoms with E-state index in [2.05, 4.69) is 34.6 Å². The highest BCUT2D eigenvalue weighted by atomic mass is 16.6. The van der Waals surface area contributed by atoms with Gasteiger partial charge in [0.2, 0.25) is 0 Å². The molecule has 1 unspecified atom stereocenters. The van der Waals surface area contributed by atoms with Crippen LogP contribution in [0.4, 0.5) is 0 Å². The van der Waals surface area contributed by atoms with E-state index in [4.69, 9.17) is 14.2 Å². The molecule has 0 N–H and O–H groups in total. The third-order valence-corrected chi connectivity index (χ3v) is 11.3. The quantitative estimate of drug-likeness (QED) is 0.0348. The Kier molecular flexibility index (Phi) is 40.8. The van der Waals surface area contributed by atoms with Crippen LogP contribution in [-0.4, -0.2) is 37.2 Å². The fraction of sp³-hybridized carbons (Fsp3) is 0.939. The summed E-state index contributed by atoms with van der Waals surface area (Å²) in [4.78, 5) is 37.8. The highest BCUT2D eigenvalue weighted by molar-refractivity contribution is 5.71. The minimum absolute atomic E-state index is 0.0645. The maximum absolute atomic E-state index is 12.7. The highest BCUT2D eigenvalue weighted by Crippen LogP contribution is 2.17. The van der Waals surface area contributed by atoms with Crippen molar-refractivity contribution in [3.63, 3.8) is 0 Å². The Hall–Kier alpha value is -1.59. The topological polar surface area (TPSA) is 78.9 Å². The van der Waals surface area contributed by atoms with Crippen LogP contribution in [0.15, 0.2) is 0 Å². The van der Waals surface area contributed by atoms with Crippen molar-refractivity contribution in [1.82, 2.24) is 0 Å². The Morgan fingerprint density at radius 2 is 0.691 bits per heavy atom. The van der Waals surface area contributed by atoms with E-state index in [1.165, 1.54) is 154 Å². The minimum atomic E-state index is -0.760. The van der Waals surface area contributed by atoms with Gasteiger partial charge in [0, 0.05) is 19.3 Å². The molecule has 0 rings (SSSR count). The molecular formula is C49H94O6. The van der Waals surface area contributed by atoms with Gasteiger partial charge in [-0.05, 0) is 31.1 Å². The van der Waals surface area contributed by atoms with Crippen LogP contribution < -0.4 is 0 Å². The first kappa shape index (κ1) is 53.4. The lowest BCUT2D eigenvalue weighted by atomic mass is 9.99. The van der Waals surface area contributed by atoms with Gasteiger partial charge in [-0.2, -0.15) is 0 Å². The minimum Gasteiger partial charge on any atom is -0.462 e. The van der Waals surface area contributed by atoms with E-state index in [1.54, 1.807) is 0 Å². The maximum Gasteiger partial charge on any atom is 0.306 e. The summed E-state index contributed by atoms with van der Waals surface area (Å²) in [6.07, 6.45) is 40.8. The number of hydrogen-bond acceptors (Lipinski definition) is 6. The summed E-state index contributed by atoms with van der Waals surface area (Å²) in [5.74, 6) is 0.841. The molecule has 6 heteroatoms. The molecule has 0 radical (unpaired) electrons. The summed E-state index contributed by atoms with van der Waals surface area (Å²) in [5.41, 5.74) is 0. The van der Waals surface area contributed by atoms with Crippen LogP contribution in [0.3, 0.4) is 0 Å². The van der Waals surface area contributed by atoms with Crippen LogP contribution in [0.5, 0.6) is 0 Å². The molecule has 0 aliphatic carbocycles. The van der Waals surface area contributed by atoms with Gasteiger partial charge >= 0.3 is 17.9 Å². The highest BCUT2D eigenvalue weighted by Gasteiger charge is 2.19. The van der Waals surface area contributed by atoms with Crippen LogP contribution in [0, 0.1) is 11.8 Å². The van der Waals surface area contributed by atoms with E-state index >= 15 is 0 Å². The van der Waals surface area contributed by atoms with Crippen LogP contribution >= 0.6 is 0 Å². The smallest absolute Gasteiger partial charge is 0.306 e. The van der Waals surface area contributed by atoms with Crippen molar-refractivity contribution >= 4 is 17.9 Å². The number of carbonyl (C=O) groups excluding carboxylic acids is 3. The van der Waals surface area contributed by atoms with Crippen molar-refractivity contribution < 1.29 is 28.6 Å². The van der Waals surface area contributed by atoms with Gasteiger partial charge in [0.15, 0.2) is 6.10 Å². The molecule has 0 bridgehead atoms. The number of rotatable bonds is 43. The van der Waals surface area contributed by atoms with Crippen molar-refractivity contribution in [2.75, 3.05) is 13.2 Å². The second-order valence-corrected chi connectivity index (χ2v) is 17.5. The van der Waals surface area contributed by atoms with E-state index in [9.17, 15) is 14.4 Å². The molecule has 2 atom stereocenters. The predicted octanol–water partition coefficient (Wildman–Crippen LogP) is 15.4. The van der Waals surface area contributed by atoms with Crippen molar-refractivity contribution in [3.8, 4) is 0 Å². The second-order valence-electron chi connectivity index (χ2n) is 17.5. The normalized spacial score (nSPS) is 12.5. The van der Waals surface area contributed by atoms with Gasteiger partial charge in [0.1, 0.15) is 13.2 Å². The third-order valence-electron chi connectivity index (χ3n) is 11.3. The van der Waals surface area contributed by atoms with E-state index in [-0.39, 0.29) is 31.1 Å². The molecule has 55 heavy (non-hydrogen) atoms. The Morgan fingerprint density at radius 1 is 0.382 bits per heavy atom. The number of ether oxygens (including phenoxy) is 3. The first-order chi connectivity index (χ1) is 26.8. The molecule has 6 nitrogen and oxygen atoms in total. The van der Waals surface area contributed by atoms with Gasteiger partial charge in [-0.3, -0.25) is 14.4 Å². The first-order valence-electron chi connectivity index (χ1n) is 24.3. The van der Waals surface area contributed by atoms with Gasteiger partial charge < -0.3 is 14.2 Å². The second kappa shape index (κ2) is 42.0. The Bertz CT molecular complexity index is 841. The van der Waals surface area contributed by atoms with Gasteiger partial charge in [0.25, 0.3) is 0 Å². The predicted molar refractivity (Wildman–Crippen MR) is 233 cm³/mol. The number of carbonyl (C=O) groups is 3. The lowest BCUT2D eigenvalue weighted by Crippen LogP contribution is -2.30. The molecule has 326 valence electrons. The van der Waals surface area contributed by atoms with Crippen LogP contribution in [0.25, 0.3) is 0 Å². The lowest BCUT2D eigenvalue weighted by Gasteiger charge is -2.18. The molecule has 0 aliphatic heterocycles. The zero-order valence-electron chi connectivity index (χ0n) is 37.6. The van der Waals surface area contributed by atoms with Crippen molar-refractivity contribution in [1.29, 1.82) is 0 Å². The number of esters is 3. The maximum atomic E-state index is 12.7. The van der Waals surface area contributed by atoms with Crippen molar-refractivity contribution in [2.45, 2.75) is 272 Å². The van der Waals surface area contributed by atoms with Crippen LogP contribution in [0.2, 0.25) is 0 Å². The van der Waals surface area contributed by atoms with E-state index in [0.717, 1.165) is 69.6 Å². The standard InChI is InChI=1S/C49H94O6/c1-6-8-9-10-11-17-26-31-36-41-49(52)55-46(42-53-47(50)39-34-29-24-20-14-12-13-18-22-27-32-37-44(3)4)43-54-48(51)40-35-30-25-21-16-15-19-23-28-33-38-45(5)7-2/h44-46H,6-43H2,1-5H3/t45?,46-/m0/s1. The summed E-state index contributed by atoms with van der Waals surface area (Å²) in [6.45, 7) is 11.4.